The van der Waals surface area contributed by atoms with Crippen molar-refractivity contribution in [2.45, 2.75) is 25.8 Å². The van der Waals surface area contributed by atoms with Crippen molar-refractivity contribution in [2.24, 2.45) is 0 Å². The van der Waals surface area contributed by atoms with Gasteiger partial charge in [-0.1, -0.05) is 0 Å². The van der Waals surface area contributed by atoms with Gasteiger partial charge in [-0.3, -0.25) is 14.6 Å². The summed E-state index contributed by atoms with van der Waals surface area (Å²) in [6.07, 6.45) is 6.81. The van der Waals surface area contributed by atoms with E-state index < -0.39 is 11.8 Å². The van der Waals surface area contributed by atoms with Crippen LogP contribution in [0.15, 0.2) is 36.8 Å². The molecule has 0 bridgehead atoms. The van der Waals surface area contributed by atoms with Crippen LogP contribution >= 0.6 is 0 Å². The smallest absolute Gasteiger partial charge is 0.314 e. The van der Waals surface area contributed by atoms with Crippen LogP contribution in [-0.4, -0.2) is 32.8 Å². The number of nitrogens with one attached hydrogen (secondary N) is 2. The van der Waals surface area contributed by atoms with Crippen LogP contribution in [0.1, 0.15) is 18.4 Å². The molecule has 0 radical (unpaired) electrons. The van der Waals surface area contributed by atoms with Gasteiger partial charge in [0, 0.05) is 35.6 Å². The third-order valence-electron chi connectivity index (χ3n) is 4.42. The van der Waals surface area contributed by atoms with Gasteiger partial charge in [-0.25, -0.2) is 9.97 Å². The minimum absolute atomic E-state index is 0.115. The Labute approximate surface area is 155 Å². The first-order valence-electron chi connectivity index (χ1n) is 8.60. The lowest BCUT2D eigenvalue weighted by Gasteiger charge is -2.10. The molecule has 3 aromatic heterocycles. The fraction of sp³-hybridized carbons (Fsp3) is 0.211. The van der Waals surface area contributed by atoms with Crippen molar-refractivity contribution < 1.29 is 9.59 Å². The van der Waals surface area contributed by atoms with E-state index >= 15 is 0 Å². The molecule has 1 aliphatic rings. The number of anilines is 2. The molecule has 1 fully saturated rings. The Morgan fingerprint density at radius 2 is 2.00 bits per heavy atom. The van der Waals surface area contributed by atoms with E-state index in [0.717, 1.165) is 29.4 Å². The number of fused-ring (bicyclic) bond motifs is 1. The van der Waals surface area contributed by atoms with E-state index in [2.05, 4.69) is 25.6 Å². The van der Waals surface area contributed by atoms with Crippen LogP contribution in [-0.2, 0) is 9.59 Å². The predicted octanol–water partition coefficient (Wildman–Crippen LogP) is 1.80. The monoisotopic (exact) mass is 362 g/mol. The summed E-state index contributed by atoms with van der Waals surface area (Å²) in [5.41, 5.74) is 8.66. The number of hydrogen-bond donors (Lipinski definition) is 3. The molecule has 0 aliphatic heterocycles. The molecule has 2 amide bonds. The zero-order chi connectivity index (χ0) is 19.0. The number of aryl methyl sites for hydroxylation is 1. The molecule has 8 heteroatoms. The van der Waals surface area contributed by atoms with Gasteiger partial charge in [-0.15, -0.1) is 0 Å². The summed E-state index contributed by atoms with van der Waals surface area (Å²) in [6, 6.07) is 5.54. The van der Waals surface area contributed by atoms with Gasteiger partial charge in [0.25, 0.3) is 0 Å². The molecular weight excluding hydrogens is 344 g/mol. The number of nitrogens with zero attached hydrogens (tertiary/aromatic N) is 3. The van der Waals surface area contributed by atoms with E-state index in [9.17, 15) is 9.59 Å². The molecule has 1 saturated carbocycles. The average molecular weight is 362 g/mol. The van der Waals surface area contributed by atoms with E-state index in [1.54, 1.807) is 18.5 Å². The summed E-state index contributed by atoms with van der Waals surface area (Å²) >= 11 is 0. The molecule has 8 nitrogen and oxygen atoms in total. The number of nitrogen functional groups attached to an aromatic ring is 1. The molecule has 136 valence electrons. The molecule has 27 heavy (non-hydrogen) atoms. The number of carbonyl (C=O) groups is 2. The van der Waals surface area contributed by atoms with E-state index in [1.807, 2.05) is 19.1 Å². The SMILES string of the molecule is Cc1ccncc1-c1cc2cc(NC(=O)C(=O)NC3CC3)ncc2c(N)n1. The van der Waals surface area contributed by atoms with E-state index in [-0.39, 0.29) is 11.9 Å². The third-order valence-corrected chi connectivity index (χ3v) is 4.42. The average Bonchev–Trinajstić information content (AvgIpc) is 3.45. The van der Waals surface area contributed by atoms with Gasteiger partial charge in [-0.2, -0.15) is 0 Å². The van der Waals surface area contributed by atoms with Gasteiger partial charge in [0.1, 0.15) is 11.6 Å². The Morgan fingerprint density at radius 3 is 2.74 bits per heavy atom. The maximum Gasteiger partial charge on any atom is 0.314 e. The quantitative estimate of drug-likeness (QED) is 0.611. The van der Waals surface area contributed by atoms with Gasteiger partial charge < -0.3 is 16.4 Å². The van der Waals surface area contributed by atoms with Gasteiger partial charge >= 0.3 is 11.8 Å². The Morgan fingerprint density at radius 1 is 1.19 bits per heavy atom. The highest BCUT2D eigenvalue weighted by Crippen LogP contribution is 2.28. The third kappa shape index (κ3) is 3.55. The first-order valence-corrected chi connectivity index (χ1v) is 8.60. The normalized spacial score (nSPS) is 13.4. The molecular formula is C19H18N6O2. The van der Waals surface area contributed by atoms with Crippen LogP contribution in [0, 0.1) is 6.92 Å². The van der Waals surface area contributed by atoms with Gasteiger partial charge in [0.2, 0.25) is 0 Å². The molecule has 4 N–H and O–H groups in total. The van der Waals surface area contributed by atoms with Crippen LogP contribution in [0.2, 0.25) is 0 Å². The fourth-order valence-corrected chi connectivity index (χ4v) is 2.76. The lowest BCUT2D eigenvalue weighted by molar-refractivity contribution is -0.136. The minimum Gasteiger partial charge on any atom is -0.383 e. The number of nitrogens with two attached hydrogens (primary N) is 1. The maximum atomic E-state index is 12.0. The number of rotatable bonds is 3. The van der Waals surface area contributed by atoms with E-state index in [4.69, 9.17) is 5.73 Å². The van der Waals surface area contributed by atoms with Gasteiger partial charge in [-0.05, 0) is 48.9 Å². The van der Waals surface area contributed by atoms with Crippen LogP contribution in [0.3, 0.4) is 0 Å². The predicted molar refractivity (Wildman–Crippen MR) is 102 cm³/mol. The van der Waals surface area contributed by atoms with Crippen molar-refractivity contribution in [3.05, 3.63) is 42.4 Å². The fourth-order valence-electron chi connectivity index (χ4n) is 2.76. The molecule has 0 atom stereocenters. The number of hydrogen-bond acceptors (Lipinski definition) is 6. The Kier molecular flexibility index (Phi) is 4.15. The van der Waals surface area contributed by atoms with Gasteiger partial charge in [0.05, 0.1) is 5.69 Å². The summed E-state index contributed by atoms with van der Waals surface area (Å²) in [6.45, 7) is 1.97. The summed E-state index contributed by atoms with van der Waals surface area (Å²) < 4.78 is 0. The molecule has 1 aliphatic carbocycles. The molecule has 0 unspecified atom stereocenters. The Hall–Kier alpha value is -3.55. The first-order chi connectivity index (χ1) is 13.0. The standard InChI is InChI=1S/C19H18N6O2/c1-10-4-5-21-8-13(10)15-6-11-7-16(22-9-14(11)17(20)24-15)25-19(27)18(26)23-12-2-3-12/h4-9,12H,2-3H2,1H3,(H2,20,24)(H,23,26)(H,22,25,27). The van der Waals surface area contributed by atoms with Crippen molar-refractivity contribution in [2.75, 3.05) is 11.1 Å². The Bertz CT molecular complexity index is 1060. The number of aromatic nitrogens is 3. The highest BCUT2D eigenvalue weighted by atomic mass is 16.2. The lowest BCUT2D eigenvalue weighted by atomic mass is 10.1. The van der Waals surface area contributed by atoms with Crippen molar-refractivity contribution in [3.8, 4) is 11.3 Å². The minimum atomic E-state index is -0.737. The second-order valence-electron chi connectivity index (χ2n) is 6.58. The molecule has 0 saturated heterocycles. The van der Waals surface area contributed by atoms with E-state index in [0.29, 0.717) is 16.9 Å². The maximum absolute atomic E-state index is 12.0. The second-order valence-corrected chi connectivity index (χ2v) is 6.58. The van der Waals surface area contributed by atoms with Crippen molar-refractivity contribution in [3.63, 3.8) is 0 Å². The summed E-state index contributed by atoms with van der Waals surface area (Å²) in [4.78, 5) is 36.5. The molecule has 0 aromatic carbocycles. The molecule has 3 heterocycles. The topological polar surface area (TPSA) is 123 Å². The second kappa shape index (κ2) is 6.64. The number of amides is 2. The zero-order valence-corrected chi connectivity index (χ0v) is 14.7. The summed E-state index contributed by atoms with van der Waals surface area (Å²) in [5, 5.41) is 6.59. The molecule has 4 rings (SSSR count). The van der Waals surface area contributed by atoms with Crippen LogP contribution in [0.5, 0.6) is 0 Å². The highest BCUT2D eigenvalue weighted by Gasteiger charge is 2.26. The van der Waals surface area contributed by atoms with Crippen molar-refractivity contribution in [1.29, 1.82) is 0 Å². The van der Waals surface area contributed by atoms with Crippen molar-refractivity contribution >= 4 is 34.2 Å². The number of pyridine rings is 3. The van der Waals surface area contributed by atoms with Crippen LogP contribution in [0.25, 0.3) is 22.0 Å². The van der Waals surface area contributed by atoms with Crippen molar-refractivity contribution in [1.82, 2.24) is 20.3 Å². The highest BCUT2D eigenvalue weighted by molar-refractivity contribution is 6.39. The zero-order valence-electron chi connectivity index (χ0n) is 14.7. The Balaban J connectivity index is 1.65. The lowest BCUT2D eigenvalue weighted by Crippen LogP contribution is -2.36. The molecule has 3 aromatic rings. The van der Waals surface area contributed by atoms with Gasteiger partial charge in [0.15, 0.2) is 0 Å². The summed E-state index contributed by atoms with van der Waals surface area (Å²) in [5.74, 6) is -0.778. The first kappa shape index (κ1) is 16.9. The van der Waals surface area contributed by atoms with Crippen LogP contribution in [0.4, 0.5) is 11.6 Å². The molecule has 0 spiro atoms. The van der Waals surface area contributed by atoms with Crippen LogP contribution < -0.4 is 16.4 Å². The largest absolute Gasteiger partial charge is 0.383 e. The van der Waals surface area contributed by atoms with E-state index in [1.165, 1.54) is 6.20 Å². The number of carbonyl (C=O) groups excluding carboxylic acids is 2. The summed E-state index contributed by atoms with van der Waals surface area (Å²) in [7, 11) is 0.